The molecule has 0 saturated carbocycles. The molecule has 312 valence electrons. The monoisotopic (exact) mass is 843 g/mol. The van der Waals surface area contributed by atoms with Crippen LogP contribution >= 0.6 is 11.8 Å². The third-order valence-electron chi connectivity index (χ3n) is 9.32. The second-order valence-corrected chi connectivity index (χ2v) is 15.9. The molecule has 1 fully saturated rings. The van der Waals surface area contributed by atoms with Crippen LogP contribution in [0.5, 0.6) is 17.2 Å². The number of carbonyl (C=O) groups is 4. The summed E-state index contributed by atoms with van der Waals surface area (Å²) >= 11 is 1.28. The maximum atomic E-state index is 13.3. The summed E-state index contributed by atoms with van der Waals surface area (Å²) in [5.41, 5.74) is 2.92. The van der Waals surface area contributed by atoms with Crippen molar-refractivity contribution in [1.29, 1.82) is 0 Å². The van der Waals surface area contributed by atoms with Crippen molar-refractivity contribution in [3.8, 4) is 28.4 Å². The molecule has 1 N–H and O–H groups in total. The third kappa shape index (κ3) is 9.91. The van der Waals surface area contributed by atoms with Gasteiger partial charge in [-0.2, -0.15) is 8.42 Å². The van der Waals surface area contributed by atoms with Gasteiger partial charge in [0.1, 0.15) is 6.10 Å². The molecule has 3 aromatic rings. The highest BCUT2D eigenvalue weighted by atomic mass is 32.2. The SMILES string of the molecule is COc1c(O[C@@H]2O[C@H](COS(=O)(=O)c3ccc(C)cc3)[C@@H](OC(C)=O)[C@H](OC(C)=O)[C@H]2OC(C)=O)cc2c(c1OC)-c1ccc(SC)c(=O)cc1[C@@H](NC(C)=O)CC2. The molecule has 16 nitrogen and oxygen atoms in total. The highest BCUT2D eigenvalue weighted by Crippen LogP contribution is 2.51. The molecule has 1 heterocycles. The summed E-state index contributed by atoms with van der Waals surface area (Å²) in [5, 5.41) is 2.95. The molecule has 0 bridgehead atoms. The molecule has 0 unspecified atom stereocenters. The molecule has 3 aromatic carbocycles. The minimum Gasteiger partial charge on any atom is -0.492 e. The van der Waals surface area contributed by atoms with Crippen molar-refractivity contribution < 1.29 is 64.9 Å². The Labute approximate surface area is 339 Å². The van der Waals surface area contributed by atoms with Gasteiger partial charge < -0.3 is 38.5 Å². The van der Waals surface area contributed by atoms with Crippen molar-refractivity contribution in [2.45, 2.75) is 94.0 Å². The number of aryl methyl sites for hydroxylation is 2. The summed E-state index contributed by atoms with van der Waals surface area (Å²) in [6, 6.07) is 11.9. The standard InChI is InChI=1S/C40H45NO15S2/c1-20-9-12-26(13-10-20)58(47,48)51-19-32-36(52-22(3)43)38(53-23(4)44)39(54-24(5)45)40(56-32)55-31-17-25-11-15-29(41-21(2)42)28-18-30(46)33(57-8)16-14-27(28)34(25)37(50-7)35(31)49-6/h9-10,12-14,16-18,29,32,36,38-40H,11,15,19H2,1-8H3,(H,41,42)/t29-,32+,36+,38-,39+,40+/m0/s1. The number of thioether (sulfide) groups is 1. The van der Waals surface area contributed by atoms with Gasteiger partial charge in [-0.15, -0.1) is 11.8 Å². The summed E-state index contributed by atoms with van der Waals surface area (Å²) < 4.78 is 73.2. The molecule has 0 radical (unpaired) electrons. The van der Waals surface area contributed by atoms with Crippen LogP contribution < -0.4 is 25.0 Å². The Morgan fingerprint density at radius 3 is 2.05 bits per heavy atom. The van der Waals surface area contributed by atoms with Crippen LogP contribution in [0.4, 0.5) is 0 Å². The average Bonchev–Trinajstić information content (AvgIpc) is 3.39. The Bertz CT molecular complexity index is 2230. The zero-order valence-corrected chi connectivity index (χ0v) is 34.8. The molecule has 0 aromatic heterocycles. The Kier molecular flexibility index (Phi) is 14.1. The van der Waals surface area contributed by atoms with E-state index < -0.39 is 71.4 Å². The smallest absolute Gasteiger partial charge is 0.303 e. The van der Waals surface area contributed by atoms with Crippen molar-refractivity contribution in [2.75, 3.05) is 27.1 Å². The fourth-order valence-electron chi connectivity index (χ4n) is 6.94. The number of benzene rings is 2. The van der Waals surface area contributed by atoms with Crippen LogP contribution in [0.2, 0.25) is 0 Å². The number of hydrogen-bond acceptors (Lipinski definition) is 16. The number of rotatable bonds is 13. The summed E-state index contributed by atoms with van der Waals surface area (Å²) in [7, 11) is -1.63. The van der Waals surface area contributed by atoms with E-state index in [4.69, 9.17) is 37.3 Å². The Hall–Kier alpha value is -5.17. The quantitative estimate of drug-likeness (QED) is 0.111. The molecular weight excluding hydrogens is 799 g/mol. The van der Waals surface area contributed by atoms with E-state index in [1.807, 2.05) is 0 Å². The largest absolute Gasteiger partial charge is 0.492 e. The van der Waals surface area contributed by atoms with Gasteiger partial charge in [-0.05, 0) is 73.0 Å². The number of ether oxygens (including phenoxy) is 7. The maximum Gasteiger partial charge on any atom is 0.303 e. The lowest BCUT2D eigenvalue weighted by atomic mass is 9.95. The number of methoxy groups -OCH3 is 2. The Morgan fingerprint density at radius 1 is 0.845 bits per heavy atom. The number of esters is 3. The normalized spacial score (nSPS) is 21.2. The molecule has 1 saturated heterocycles. The van der Waals surface area contributed by atoms with Gasteiger partial charge in [0.2, 0.25) is 24.1 Å². The fourth-order valence-corrected chi connectivity index (χ4v) is 8.32. The van der Waals surface area contributed by atoms with E-state index in [1.165, 1.54) is 51.1 Å². The van der Waals surface area contributed by atoms with Crippen molar-refractivity contribution in [1.82, 2.24) is 5.32 Å². The number of fused-ring (bicyclic) bond motifs is 3. The summed E-state index contributed by atoms with van der Waals surface area (Å²) in [6.07, 6.45) is -5.45. The van der Waals surface area contributed by atoms with Crippen LogP contribution in [0, 0.1) is 6.92 Å². The highest BCUT2D eigenvalue weighted by molar-refractivity contribution is 7.98. The minimum atomic E-state index is -4.40. The zero-order chi connectivity index (χ0) is 42.5. The minimum absolute atomic E-state index is 0.00569. The van der Waals surface area contributed by atoms with E-state index in [-0.39, 0.29) is 33.5 Å². The molecule has 1 amide bonds. The number of amides is 1. The molecule has 1 aliphatic heterocycles. The Morgan fingerprint density at radius 2 is 1.47 bits per heavy atom. The first kappa shape index (κ1) is 43.9. The van der Waals surface area contributed by atoms with Crippen LogP contribution in [0.25, 0.3) is 11.1 Å². The van der Waals surface area contributed by atoms with E-state index in [0.29, 0.717) is 40.0 Å². The Balaban J connectivity index is 1.65. The van der Waals surface area contributed by atoms with Crippen LogP contribution in [0.3, 0.4) is 0 Å². The summed E-state index contributed by atoms with van der Waals surface area (Å²) in [6.45, 7) is 5.66. The topological polar surface area (TPSA) is 205 Å². The molecule has 18 heteroatoms. The van der Waals surface area contributed by atoms with E-state index in [2.05, 4.69) is 5.32 Å². The van der Waals surface area contributed by atoms with Crippen molar-refractivity contribution in [3.05, 3.63) is 75.4 Å². The molecule has 0 spiro atoms. The summed E-state index contributed by atoms with van der Waals surface area (Å²) in [5.74, 6) is -2.64. The maximum absolute atomic E-state index is 13.3. The van der Waals surface area contributed by atoms with Gasteiger partial charge in [0.15, 0.2) is 29.1 Å². The van der Waals surface area contributed by atoms with Crippen molar-refractivity contribution in [2.24, 2.45) is 0 Å². The molecule has 6 atom stereocenters. The number of nitrogens with one attached hydrogen (secondary N) is 1. The molecule has 58 heavy (non-hydrogen) atoms. The molecule has 1 aliphatic carbocycles. The highest BCUT2D eigenvalue weighted by Gasteiger charge is 2.54. The second-order valence-electron chi connectivity index (χ2n) is 13.5. The van der Waals surface area contributed by atoms with Crippen LogP contribution in [0.15, 0.2) is 63.1 Å². The predicted octanol–water partition coefficient (Wildman–Crippen LogP) is 4.19. The molecule has 2 aliphatic rings. The number of carbonyl (C=O) groups excluding carboxylic acids is 4. The lowest BCUT2D eigenvalue weighted by Crippen LogP contribution is -2.63. The van der Waals surface area contributed by atoms with E-state index in [1.54, 1.807) is 43.5 Å². The van der Waals surface area contributed by atoms with Crippen LogP contribution in [-0.4, -0.2) is 90.0 Å². The lowest BCUT2D eigenvalue weighted by Gasteiger charge is -2.44. The van der Waals surface area contributed by atoms with Gasteiger partial charge in [-0.3, -0.25) is 28.2 Å². The van der Waals surface area contributed by atoms with Gasteiger partial charge in [-0.1, -0.05) is 23.8 Å². The molecule has 5 rings (SSSR count). The van der Waals surface area contributed by atoms with Crippen LogP contribution in [-0.2, 0) is 58.8 Å². The van der Waals surface area contributed by atoms with Gasteiger partial charge in [-0.25, -0.2) is 0 Å². The third-order valence-corrected chi connectivity index (χ3v) is 11.4. The zero-order valence-electron chi connectivity index (χ0n) is 33.1. The lowest BCUT2D eigenvalue weighted by molar-refractivity contribution is -0.286. The van der Waals surface area contributed by atoms with Crippen molar-refractivity contribution >= 4 is 45.7 Å². The van der Waals surface area contributed by atoms with Gasteiger partial charge in [0.05, 0.1) is 36.7 Å². The van der Waals surface area contributed by atoms with E-state index in [9.17, 15) is 32.4 Å². The first-order chi connectivity index (χ1) is 27.5. The van der Waals surface area contributed by atoms with E-state index in [0.717, 1.165) is 26.3 Å². The number of hydrogen-bond donors (Lipinski definition) is 1. The van der Waals surface area contributed by atoms with Gasteiger partial charge in [0, 0.05) is 33.3 Å². The molecular formula is C40H45NO15S2. The first-order valence-corrected chi connectivity index (χ1v) is 20.7. The first-order valence-electron chi connectivity index (χ1n) is 18.0. The van der Waals surface area contributed by atoms with Crippen LogP contribution in [0.1, 0.15) is 56.8 Å². The fraction of sp³-hybridized carbons (Fsp3) is 0.425. The second kappa shape index (κ2) is 18.6. The van der Waals surface area contributed by atoms with Gasteiger partial charge in [0.25, 0.3) is 10.1 Å². The van der Waals surface area contributed by atoms with Gasteiger partial charge >= 0.3 is 17.9 Å². The predicted molar refractivity (Wildman–Crippen MR) is 208 cm³/mol. The summed E-state index contributed by atoms with van der Waals surface area (Å²) in [4.78, 5) is 63.5. The van der Waals surface area contributed by atoms with Crippen molar-refractivity contribution in [3.63, 3.8) is 0 Å². The average molecular weight is 844 g/mol. The van der Waals surface area contributed by atoms with E-state index >= 15 is 0 Å².